The first kappa shape index (κ1) is 17.0. The molecule has 3 aromatic rings. The first-order chi connectivity index (χ1) is 13.2. The molecule has 8 heteroatoms. The fourth-order valence-electron chi connectivity index (χ4n) is 3.31. The molecular formula is C19H18N6O2. The van der Waals surface area contributed by atoms with Gasteiger partial charge in [-0.2, -0.15) is 0 Å². The number of carbonyl (C=O) groups excluding carboxylic acids is 2. The summed E-state index contributed by atoms with van der Waals surface area (Å²) >= 11 is 0. The van der Waals surface area contributed by atoms with Crippen LogP contribution in [0, 0.1) is 5.92 Å². The summed E-state index contributed by atoms with van der Waals surface area (Å²) in [7, 11) is 0. The lowest BCUT2D eigenvalue weighted by atomic mass is 9.91. The number of amides is 1. The van der Waals surface area contributed by atoms with E-state index in [1.165, 1.54) is 11.0 Å². The van der Waals surface area contributed by atoms with Crippen molar-refractivity contribution in [2.75, 3.05) is 13.1 Å². The van der Waals surface area contributed by atoms with E-state index in [4.69, 9.17) is 0 Å². The van der Waals surface area contributed by atoms with Crippen molar-refractivity contribution in [2.45, 2.75) is 12.8 Å². The number of piperidine rings is 1. The van der Waals surface area contributed by atoms with Gasteiger partial charge in [-0.05, 0) is 59.7 Å². The molecule has 1 atom stereocenters. The molecule has 1 amide bonds. The third-order valence-corrected chi connectivity index (χ3v) is 4.72. The van der Waals surface area contributed by atoms with Gasteiger partial charge < -0.3 is 4.90 Å². The Balaban J connectivity index is 1.46. The van der Waals surface area contributed by atoms with E-state index < -0.39 is 0 Å². The van der Waals surface area contributed by atoms with Crippen LogP contribution in [0.5, 0.6) is 0 Å². The summed E-state index contributed by atoms with van der Waals surface area (Å²) in [6.45, 7) is 1.07. The van der Waals surface area contributed by atoms with E-state index in [2.05, 4.69) is 20.5 Å². The van der Waals surface area contributed by atoms with Gasteiger partial charge in [-0.1, -0.05) is 6.07 Å². The van der Waals surface area contributed by atoms with Crippen LogP contribution in [0.1, 0.15) is 33.7 Å². The SMILES string of the molecule is O=C(c1ccccn1)C1CCCN(C(=O)c2ccc(-n3cnnn3)cc2)C1. The van der Waals surface area contributed by atoms with Gasteiger partial charge in [0.1, 0.15) is 12.0 Å². The maximum Gasteiger partial charge on any atom is 0.253 e. The third-order valence-electron chi connectivity index (χ3n) is 4.72. The Bertz CT molecular complexity index is 925. The Morgan fingerprint density at radius 1 is 1.07 bits per heavy atom. The molecule has 1 saturated heterocycles. The molecule has 0 spiro atoms. The van der Waals surface area contributed by atoms with Crippen LogP contribution in [0.3, 0.4) is 0 Å². The van der Waals surface area contributed by atoms with E-state index in [1.807, 2.05) is 0 Å². The topological polar surface area (TPSA) is 93.9 Å². The van der Waals surface area contributed by atoms with E-state index in [0.29, 0.717) is 24.3 Å². The van der Waals surface area contributed by atoms with E-state index in [0.717, 1.165) is 18.5 Å². The number of tetrazole rings is 1. The molecule has 0 saturated carbocycles. The molecule has 0 N–H and O–H groups in total. The number of hydrogen-bond donors (Lipinski definition) is 0. The average Bonchev–Trinajstić information content (AvgIpc) is 3.28. The van der Waals surface area contributed by atoms with Crippen LogP contribution in [0.15, 0.2) is 55.0 Å². The number of aromatic nitrogens is 5. The van der Waals surface area contributed by atoms with Crippen LogP contribution in [0.25, 0.3) is 5.69 Å². The predicted molar refractivity (Wildman–Crippen MR) is 96.3 cm³/mol. The number of rotatable bonds is 4. The lowest BCUT2D eigenvalue weighted by Gasteiger charge is -2.32. The molecule has 1 aliphatic heterocycles. The van der Waals surface area contributed by atoms with Gasteiger partial charge in [-0.25, -0.2) is 4.68 Å². The Morgan fingerprint density at radius 3 is 2.63 bits per heavy atom. The Morgan fingerprint density at radius 2 is 1.93 bits per heavy atom. The van der Waals surface area contributed by atoms with Gasteiger partial charge >= 0.3 is 0 Å². The molecule has 136 valence electrons. The number of likely N-dealkylation sites (tertiary alicyclic amines) is 1. The molecule has 1 unspecified atom stereocenters. The third kappa shape index (κ3) is 3.59. The maximum atomic E-state index is 12.9. The molecule has 0 radical (unpaired) electrons. The molecule has 8 nitrogen and oxygen atoms in total. The quantitative estimate of drug-likeness (QED) is 0.657. The number of carbonyl (C=O) groups is 2. The van der Waals surface area contributed by atoms with Crippen LogP contribution >= 0.6 is 0 Å². The fourth-order valence-corrected chi connectivity index (χ4v) is 3.31. The number of hydrogen-bond acceptors (Lipinski definition) is 6. The largest absolute Gasteiger partial charge is 0.338 e. The van der Waals surface area contributed by atoms with Gasteiger partial charge in [0.2, 0.25) is 0 Å². The first-order valence-electron chi connectivity index (χ1n) is 8.80. The molecule has 1 fully saturated rings. The summed E-state index contributed by atoms with van der Waals surface area (Å²) in [5.41, 5.74) is 1.82. The summed E-state index contributed by atoms with van der Waals surface area (Å²) in [6.07, 6.45) is 4.69. The van der Waals surface area contributed by atoms with Gasteiger partial charge in [0, 0.05) is 30.8 Å². The normalized spacial score (nSPS) is 16.9. The maximum absolute atomic E-state index is 12.9. The highest BCUT2D eigenvalue weighted by Crippen LogP contribution is 2.22. The summed E-state index contributed by atoms with van der Waals surface area (Å²) in [5, 5.41) is 11.0. The monoisotopic (exact) mass is 362 g/mol. The standard InChI is InChI=1S/C19H18N6O2/c26-18(17-5-1-2-10-20-17)15-4-3-11-24(12-15)19(27)14-6-8-16(9-7-14)25-13-21-22-23-25/h1-2,5-10,13,15H,3-4,11-12H2. The Labute approximate surface area is 155 Å². The average molecular weight is 362 g/mol. The van der Waals surface area contributed by atoms with Crippen molar-refractivity contribution >= 4 is 11.7 Å². The van der Waals surface area contributed by atoms with E-state index in [1.54, 1.807) is 53.6 Å². The predicted octanol–water partition coefficient (Wildman–Crippen LogP) is 1.79. The minimum atomic E-state index is -0.210. The molecule has 1 aliphatic rings. The lowest BCUT2D eigenvalue weighted by Crippen LogP contribution is -2.42. The second kappa shape index (κ2) is 7.45. The zero-order chi connectivity index (χ0) is 18.6. The molecule has 0 bridgehead atoms. The molecule has 4 rings (SSSR count). The number of ketones is 1. The summed E-state index contributed by atoms with van der Waals surface area (Å²) in [5.74, 6) is -0.281. The number of pyridine rings is 1. The zero-order valence-corrected chi connectivity index (χ0v) is 14.6. The van der Waals surface area contributed by atoms with E-state index in [9.17, 15) is 9.59 Å². The van der Waals surface area contributed by atoms with Crippen LogP contribution in [0.2, 0.25) is 0 Å². The van der Waals surface area contributed by atoms with Gasteiger partial charge in [0.25, 0.3) is 5.91 Å². The smallest absolute Gasteiger partial charge is 0.253 e. The van der Waals surface area contributed by atoms with Gasteiger partial charge in [-0.3, -0.25) is 14.6 Å². The van der Waals surface area contributed by atoms with Crippen molar-refractivity contribution in [2.24, 2.45) is 5.92 Å². The van der Waals surface area contributed by atoms with Gasteiger partial charge in [0.15, 0.2) is 5.78 Å². The Hall–Kier alpha value is -3.42. The number of nitrogens with zero attached hydrogens (tertiary/aromatic N) is 6. The minimum Gasteiger partial charge on any atom is -0.338 e. The van der Waals surface area contributed by atoms with E-state index >= 15 is 0 Å². The second-order valence-electron chi connectivity index (χ2n) is 6.47. The van der Waals surface area contributed by atoms with Gasteiger partial charge in [-0.15, -0.1) is 5.10 Å². The van der Waals surface area contributed by atoms with Crippen LogP contribution < -0.4 is 0 Å². The first-order valence-corrected chi connectivity index (χ1v) is 8.80. The van der Waals surface area contributed by atoms with Crippen LogP contribution in [-0.4, -0.2) is 54.9 Å². The molecule has 1 aromatic carbocycles. The van der Waals surface area contributed by atoms with Crippen molar-refractivity contribution < 1.29 is 9.59 Å². The Kier molecular flexibility index (Phi) is 4.69. The molecule has 3 heterocycles. The second-order valence-corrected chi connectivity index (χ2v) is 6.47. The lowest BCUT2D eigenvalue weighted by molar-refractivity contribution is 0.0635. The molecule has 27 heavy (non-hydrogen) atoms. The highest BCUT2D eigenvalue weighted by Gasteiger charge is 2.30. The summed E-state index contributed by atoms with van der Waals surface area (Å²) in [4.78, 5) is 31.4. The van der Waals surface area contributed by atoms with Crippen LogP contribution in [0.4, 0.5) is 0 Å². The summed E-state index contributed by atoms with van der Waals surface area (Å²) < 4.78 is 1.52. The van der Waals surface area contributed by atoms with E-state index in [-0.39, 0.29) is 17.6 Å². The van der Waals surface area contributed by atoms with Gasteiger partial charge in [0.05, 0.1) is 5.69 Å². The van der Waals surface area contributed by atoms with Crippen molar-refractivity contribution in [3.05, 3.63) is 66.2 Å². The zero-order valence-electron chi connectivity index (χ0n) is 14.6. The van der Waals surface area contributed by atoms with Crippen molar-refractivity contribution in [3.63, 3.8) is 0 Å². The highest BCUT2D eigenvalue weighted by molar-refractivity contribution is 5.98. The minimum absolute atomic E-state index is 0.00197. The molecular weight excluding hydrogens is 344 g/mol. The van der Waals surface area contributed by atoms with Crippen LogP contribution in [-0.2, 0) is 0 Å². The van der Waals surface area contributed by atoms with Crippen molar-refractivity contribution in [1.29, 1.82) is 0 Å². The summed E-state index contributed by atoms with van der Waals surface area (Å²) in [6, 6.07) is 12.4. The molecule has 2 aromatic heterocycles. The molecule has 0 aliphatic carbocycles. The van der Waals surface area contributed by atoms with Crippen molar-refractivity contribution in [1.82, 2.24) is 30.1 Å². The highest BCUT2D eigenvalue weighted by atomic mass is 16.2. The number of Topliss-reactive ketones (excluding diaryl/α,β-unsaturated/α-hetero) is 1. The fraction of sp³-hybridized carbons (Fsp3) is 0.263. The number of benzene rings is 1. The van der Waals surface area contributed by atoms with Crippen molar-refractivity contribution in [3.8, 4) is 5.69 Å².